The molecule has 0 amide bonds. The van der Waals surface area contributed by atoms with Crippen LogP contribution in [0.2, 0.25) is 0 Å². The third-order valence-electron chi connectivity index (χ3n) is 0.702. The van der Waals surface area contributed by atoms with Gasteiger partial charge in [0.05, 0.1) is 13.2 Å². The van der Waals surface area contributed by atoms with Gasteiger partial charge in [-0.1, -0.05) is 6.26 Å². The van der Waals surface area contributed by atoms with Crippen molar-refractivity contribution in [1.29, 1.82) is 0 Å². The van der Waals surface area contributed by atoms with E-state index in [0.29, 0.717) is 13.2 Å². The Morgan fingerprint density at radius 1 is 1.45 bits per heavy atom. The van der Waals surface area contributed by atoms with Crippen molar-refractivity contribution in [3.8, 4) is 0 Å². The van der Waals surface area contributed by atoms with Crippen LogP contribution in [0.25, 0.3) is 0 Å². The van der Waals surface area contributed by atoms with Crippen molar-refractivity contribution in [1.82, 2.24) is 0 Å². The summed E-state index contributed by atoms with van der Waals surface area (Å²) in [7, 11) is 0. The van der Waals surface area contributed by atoms with Gasteiger partial charge in [-0.3, -0.25) is 4.79 Å². The Hall–Kier alpha value is 0.114. The van der Waals surface area contributed by atoms with E-state index in [-0.39, 0.29) is 32.7 Å². The second kappa shape index (κ2) is 10.1. The van der Waals surface area contributed by atoms with Gasteiger partial charge in [0, 0.05) is 32.7 Å². The SMILES string of the molecule is CCOC=[C-]C(=O)OCC.[Y]. The molecule has 0 atom stereocenters. The first-order chi connectivity index (χ1) is 4.81. The second-order valence-corrected chi connectivity index (χ2v) is 1.44. The summed E-state index contributed by atoms with van der Waals surface area (Å²) in [6.45, 7) is 4.46. The van der Waals surface area contributed by atoms with Crippen molar-refractivity contribution in [2.24, 2.45) is 0 Å². The first-order valence-electron chi connectivity index (χ1n) is 3.17. The van der Waals surface area contributed by atoms with E-state index in [2.05, 4.69) is 10.8 Å². The first-order valence-corrected chi connectivity index (χ1v) is 3.17. The molecule has 0 aromatic rings. The van der Waals surface area contributed by atoms with E-state index in [1.165, 1.54) is 6.26 Å². The normalized spacial score (nSPS) is 8.91. The molecule has 0 aliphatic heterocycles. The van der Waals surface area contributed by atoms with Gasteiger partial charge in [0.25, 0.3) is 0 Å². The molecule has 0 saturated carbocycles. The predicted octanol–water partition coefficient (Wildman–Crippen LogP) is 0.900. The van der Waals surface area contributed by atoms with Crippen molar-refractivity contribution in [3.05, 3.63) is 12.3 Å². The van der Waals surface area contributed by atoms with E-state index >= 15 is 0 Å². The monoisotopic (exact) mass is 232 g/mol. The summed E-state index contributed by atoms with van der Waals surface area (Å²) in [5, 5.41) is 0. The van der Waals surface area contributed by atoms with Gasteiger partial charge in [-0.2, -0.15) is 0 Å². The Labute approximate surface area is 92.0 Å². The number of rotatable bonds is 4. The Balaban J connectivity index is 0. The van der Waals surface area contributed by atoms with Gasteiger partial charge < -0.3 is 15.5 Å². The maximum Gasteiger partial charge on any atom is 0.150 e. The maximum atomic E-state index is 10.5. The average molecular weight is 232 g/mol. The van der Waals surface area contributed by atoms with E-state index in [9.17, 15) is 4.79 Å². The number of ether oxygens (including phenoxy) is 2. The minimum atomic E-state index is -0.490. The molecule has 0 aromatic heterocycles. The summed E-state index contributed by atoms with van der Waals surface area (Å²) in [5.74, 6) is -0.490. The van der Waals surface area contributed by atoms with E-state index in [1.54, 1.807) is 6.92 Å². The Morgan fingerprint density at radius 2 is 2.09 bits per heavy atom. The second-order valence-electron chi connectivity index (χ2n) is 1.44. The first kappa shape index (κ1) is 13.7. The molecule has 0 aliphatic rings. The molecule has 0 fully saturated rings. The minimum Gasteiger partial charge on any atom is -0.538 e. The van der Waals surface area contributed by atoms with Crippen LogP contribution >= 0.6 is 0 Å². The van der Waals surface area contributed by atoms with E-state index < -0.39 is 5.97 Å². The van der Waals surface area contributed by atoms with Crippen molar-refractivity contribution in [3.63, 3.8) is 0 Å². The average Bonchev–Trinajstić information content (AvgIpc) is 1.89. The van der Waals surface area contributed by atoms with Crippen LogP contribution in [-0.2, 0) is 47.0 Å². The zero-order chi connectivity index (χ0) is 7.82. The summed E-state index contributed by atoms with van der Waals surface area (Å²) < 4.78 is 9.24. The van der Waals surface area contributed by atoms with Crippen molar-refractivity contribution in [2.75, 3.05) is 13.2 Å². The molecular formula is C7H11O3Y-. The van der Waals surface area contributed by atoms with E-state index in [0.717, 1.165) is 0 Å². The van der Waals surface area contributed by atoms with Gasteiger partial charge in [0.15, 0.2) is 0 Å². The molecule has 0 N–H and O–H groups in total. The molecule has 1 radical (unpaired) electrons. The predicted molar refractivity (Wildman–Crippen MR) is 36.1 cm³/mol. The third-order valence-corrected chi connectivity index (χ3v) is 0.702. The van der Waals surface area contributed by atoms with Gasteiger partial charge in [-0.25, -0.2) is 0 Å². The molecule has 61 valence electrons. The quantitative estimate of drug-likeness (QED) is 0.312. The molecule has 0 saturated heterocycles. The standard InChI is InChI=1S/C7H11O3.Y/c1-3-9-6-5-7(8)10-4-2;/h6H,3-4H2,1-2H3;/q-1;. The van der Waals surface area contributed by atoms with Crippen LogP contribution in [0.3, 0.4) is 0 Å². The fourth-order valence-electron chi connectivity index (χ4n) is 0.346. The van der Waals surface area contributed by atoms with Crippen LogP contribution in [-0.4, -0.2) is 19.2 Å². The molecule has 0 spiro atoms. The molecule has 0 aliphatic carbocycles. The third kappa shape index (κ3) is 10.1. The fraction of sp³-hybridized carbons (Fsp3) is 0.571. The van der Waals surface area contributed by atoms with Crippen molar-refractivity contribution in [2.45, 2.75) is 13.8 Å². The number of esters is 1. The van der Waals surface area contributed by atoms with Gasteiger partial charge in [-0.05, 0) is 13.8 Å². The molecule has 0 bridgehead atoms. The maximum absolute atomic E-state index is 10.5. The zero-order valence-corrected chi connectivity index (χ0v) is 9.63. The smallest absolute Gasteiger partial charge is 0.150 e. The molecule has 0 aromatic carbocycles. The Morgan fingerprint density at radius 3 is 2.55 bits per heavy atom. The molecule has 0 rings (SSSR count). The molecule has 0 heterocycles. The molecule has 0 unspecified atom stereocenters. The number of carbonyl (C=O) groups excluding carboxylic acids is 1. The molecular weight excluding hydrogens is 221 g/mol. The van der Waals surface area contributed by atoms with Crippen molar-refractivity contribution < 1.29 is 47.0 Å². The minimum absolute atomic E-state index is 0. The molecule has 11 heavy (non-hydrogen) atoms. The van der Waals surface area contributed by atoms with Gasteiger partial charge in [-0.15, -0.1) is 0 Å². The van der Waals surface area contributed by atoms with Crippen LogP contribution < -0.4 is 0 Å². The van der Waals surface area contributed by atoms with Crippen LogP contribution in [0, 0.1) is 6.08 Å². The Bertz CT molecular complexity index is 123. The largest absolute Gasteiger partial charge is 0.538 e. The van der Waals surface area contributed by atoms with E-state index in [4.69, 9.17) is 4.74 Å². The van der Waals surface area contributed by atoms with Crippen LogP contribution in [0.1, 0.15) is 13.8 Å². The summed E-state index contributed by atoms with van der Waals surface area (Å²) in [6, 6.07) is 0. The number of carbonyl (C=O) groups is 1. The van der Waals surface area contributed by atoms with Crippen LogP contribution in [0.5, 0.6) is 0 Å². The molecule has 4 heteroatoms. The van der Waals surface area contributed by atoms with Crippen molar-refractivity contribution >= 4 is 5.97 Å². The van der Waals surface area contributed by atoms with Gasteiger partial charge >= 0.3 is 0 Å². The summed E-state index contributed by atoms with van der Waals surface area (Å²) >= 11 is 0. The van der Waals surface area contributed by atoms with Crippen LogP contribution in [0.15, 0.2) is 6.26 Å². The number of hydrogen-bond donors (Lipinski definition) is 0. The van der Waals surface area contributed by atoms with Gasteiger partial charge in [0.1, 0.15) is 5.97 Å². The number of hydrogen-bond acceptors (Lipinski definition) is 3. The summed E-state index contributed by atoms with van der Waals surface area (Å²) in [4.78, 5) is 10.5. The zero-order valence-electron chi connectivity index (χ0n) is 6.79. The molecule has 3 nitrogen and oxygen atoms in total. The van der Waals surface area contributed by atoms with Gasteiger partial charge in [0.2, 0.25) is 0 Å². The summed E-state index contributed by atoms with van der Waals surface area (Å²) in [5.41, 5.74) is 0. The van der Waals surface area contributed by atoms with Crippen LogP contribution in [0.4, 0.5) is 0 Å². The fourth-order valence-corrected chi connectivity index (χ4v) is 0.346. The summed E-state index contributed by atoms with van der Waals surface area (Å²) in [6.07, 6.45) is 3.48. The topological polar surface area (TPSA) is 35.5 Å². The Kier molecular flexibility index (Phi) is 12.6. The van der Waals surface area contributed by atoms with E-state index in [1.807, 2.05) is 6.92 Å².